The van der Waals surface area contributed by atoms with Crippen LogP contribution in [0.3, 0.4) is 0 Å². The molecule has 7 heteroatoms. The summed E-state index contributed by atoms with van der Waals surface area (Å²) in [6.07, 6.45) is 2.39. The van der Waals surface area contributed by atoms with E-state index in [9.17, 15) is 14.9 Å². The Balaban J connectivity index is 1.68. The lowest BCUT2D eigenvalue weighted by atomic mass is 9.72. The van der Waals surface area contributed by atoms with Crippen molar-refractivity contribution in [3.63, 3.8) is 0 Å². The van der Waals surface area contributed by atoms with Gasteiger partial charge < -0.3 is 10.6 Å². The van der Waals surface area contributed by atoms with Gasteiger partial charge in [0.2, 0.25) is 0 Å². The molecule has 0 fully saturated rings. The van der Waals surface area contributed by atoms with Crippen molar-refractivity contribution < 1.29 is 9.72 Å². The Morgan fingerprint density at radius 1 is 1.22 bits per heavy atom. The molecule has 1 aromatic heterocycles. The predicted molar refractivity (Wildman–Crippen MR) is 106 cm³/mol. The number of hydrogen-bond acceptors (Lipinski definition) is 5. The van der Waals surface area contributed by atoms with Crippen LogP contribution in [-0.2, 0) is 12.8 Å². The summed E-state index contributed by atoms with van der Waals surface area (Å²) in [7, 11) is 0. The van der Waals surface area contributed by atoms with Gasteiger partial charge in [-0.3, -0.25) is 14.9 Å². The van der Waals surface area contributed by atoms with Crippen molar-refractivity contribution in [3.8, 4) is 0 Å². The number of amides is 1. The van der Waals surface area contributed by atoms with Crippen molar-refractivity contribution in [1.29, 1.82) is 0 Å². The Bertz CT molecular complexity index is 929. The molecule has 0 spiro atoms. The van der Waals surface area contributed by atoms with Gasteiger partial charge in [-0.15, -0.1) is 11.3 Å². The van der Waals surface area contributed by atoms with Crippen LogP contribution in [0.15, 0.2) is 24.3 Å². The summed E-state index contributed by atoms with van der Waals surface area (Å²) in [4.78, 5) is 25.1. The number of benzene rings is 1. The second-order valence-corrected chi connectivity index (χ2v) is 9.49. The van der Waals surface area contributed by atoms with Gasteiger partial charge in [0.25, 0.3) is 11.6 Å². The summed E-state index contributed by atoms with van der Waals surface area (Å²) in [5.41, 5.74) is 2.61. The van der Waals surface area contributed by atoms with Gasteiger partial charge >= 0.3 is 0 Å². The number of carbonyl (C=O) groups is 1. The summed E-state index contributed by atoms with van der Waals surface area (Å²) < 4.78 is 0. The molecule has 4 rings (SSSR count). The largest absolute Gasteiger partial charge is 0.352 e. The first kappa shape index (κ1) is 18.0. The van der Waals surface area contributed by atoms with Gasteiger partial charge in [-0.2, -0.15) is 0 Å². The van der Waals surface area contributed by atoms with Crippen LogP contribution < -0.4 is 10.6 Å². The lowest BCUT2D eigenvalue weighted by Crippen LogP contribution is -2.38. The molecule has 1 aliphatic carbocycles. The SMILES string of the molecule is CC(C)(C)[C@@H]1CCc2c(sc3c2C(=O)N[C@@H](c2ccccc2[N+](=O)[O-])N3)C1. The highest BCUT2D eigenvalue weighted by Gasteiger charge is 2.37. The highest BCUT2D eigenvalue weighted by atomic mass is 32.1. The highest BCUT2D eigenvalue weighted by Crippen LogP contribution is 2.46. The number of thiophene rings is 1. The second kappa shape index (κ2) is 6.34. The number of hydrogen-bond donors (Lipinski definition) is 2. The van der Waals surface area contributed by atoms with E-state index in [0.29, 0.717) is 11.5 Å². The molecule has 0 bridgehead atoms. The van der Waals surface area contributed by atoms with Crippen molar-refractivity contribution in [2.24, 2.45) is 11.3 Å². The first-order valence-corrected chi connectivity index (χ1v) is 10.0. The molecule has 1 amide bonds. The van der Waals surface area contributed by atoms with E-state index >= 15 is 0 Å². The number of nitro groups is 1. The molecule has 0 saturated carbocycles. The minimum absolute atomic E-state index is 0.00728. The lowest BCUT2D eigenvalue weighted by molar-refractivity contribution is -0.385. The van der Waals surface area contributed by atoms with Gasteiger partial charge in [0.1, 0.15) is 11.2 Å². The summed E-state index contributed by atoms with van der Waals surface area (Å²) in [5.74, 6) is 0.456. The molecule has 1 aromatic carbocycles. The number of carbonyl (C=O) groups excluding carboxylic acids is 1. The van der Waals surface area contributed by atoms with Crippen LogP contribution in [-0.4, -0.2) is 10.8 Å². The second-order valence-electron chi connectivity index (χ2n) is 8.38. The maximum atomic E-state index is 12.8. The van der Waals surface area contributed by atoms with Crippen LogP contribution in [0.4, 0.5) is 10.7 Å². The Morgan fingerprint density at radius 2 is 1.96 bits per heavy atom. The maximum absolute atomic E-state index is 12.8. The Hall–Kier alpha value is -2.41. The number of fused-ring (bicyclic) bond motifs is 3. The van der Waals surface area contributed by atoms with Gasteiger partial charge in [0.15, 0.2) is 0 Å². The fraction of sp³-hybridized carbons (Fsp3) is 0.450. The van der Waals surface area contributed by atoms with Crippen LogP contribution in [0.5, 0.6) is 0 Å². The fourth-order valence-electron chi connectivity index (χ4n) is 4.09. The zero-order chi connectivity index (χ0) is 19.3. The minimum Gasteiger partial charge on any atom is -0.352 e. The standard InChI is InChI=1S/C20H23N3O3S/c1-20(2,3)11-8-9-13-15(10-11)27-19-16(13)18(24)21-17(22-19)12-6-4-5-7-14(12)23(25)26/h4-7,11,17,22H,8-10H2,1-3H3,(H,21,24)/t11-,17-/m1/s1. The fourth-order valence-corrected chi connectivity index (χ4v) is 5.44. The van der Waals surface area contributed by atoms with E-state index in [2.05, 4.69) is 31.4 Å². The van der Waals surface area contributed by atoms with E-state index in [-0.39, 0.29) is 17.0 Å². The minimum atomic E-state index is -0.592. The molecule has 0 unspecified atom stereocenters. The smallest absolute Gasteiger partial charge is 0.276 e. The number of nitrogens with one attached hydrogen (secondary N) is 2. The van der Waals surface area contributed by atoms with Crippen molar-refractivity contribution >= 4 is 27.9 Å². The molecule has 2 heterocycles. The average Bonchev–Trinajstić information content (AvgIpc) is 2.98. The van der Waals surface area contributed by atoms with E-state index in [1.165, 1.54) is 10.9 Å². The topological polar surface area (TPSA) is 84.3 Å². The summed E-state index contributed by atoms with van der Waals surface area (Å²) in [6.45, 7) is 6.81. The molecule has 2 atom stereocenters. The van der Waals surface area contributed by atoms with Gasteiger partial charge in [-0.1, -0.05) is 32.9 Å². The Kier molecular flexibility index (Phi) is 4.22. The van der Waals surface area contributed by atoms with Crippen LogP contribution in [0, 0.1) is 21.4 Å². The number of rotatable bonds is 2. The zero-order valence-electron chi connectivity index (χ0n) is 15.7. The van der Waals surface area contributed by atoms with E-state index in [1.54, 1.807) is 29.5 Å². The van der Waals surface area contributed by atoms with E-state index in [0.717, 1.165) is 35.4 Å². The predicted octanol–water partition coefficient (Wildman–Crippen LogP) is 4.66. The maximum Gasteiger partial charge on any atom is 0.276 e. The van der Waals surface area contributed by atoms with Crippen LogP contribution >= 0.6 is 11.3 Å². The number of para-hydroxylation sites is 1. The molecular weight excluding hydrogens is 362 g/mol. The zero-order valence-corrected chi connectivity index (χ0v) is 16.5. The van der Waals surface area contributed by atoms with Gasteiger partial charge in [-0.25, -0.2) is 0 Å². The number of nitro benzene ring substituents is 1. The van der Waals surface area contributed by atoms with Gasteiger partial charge in [-0.05, 0) is 42.2 Å². The Morgan fingerprint density at radius 3 is 2.67 bits per heavy atom. The van der Waals surface area contributed by atoms with Crippen molar-refractivity contribution in [2.75, 3.05) is 5.32 Å². The molecule has 2 N–H and O–H groups in total. The van der Waals surface area contributed by atoms with Crippen molar-refractivity contribution in [2.45, 2.75) is 46.2 Å². The average molecular weight is 385 g/mol. The van der Waals surface area contributed by atoms with E-state index < -0.39 is 11.1 Å². The normalized spacial score (nSPS) is 21.7. The van der Waals surface area contributed by atoms with Crippen molar-refractivity contribution in [1.82, 2.24) is 5.32 Å². The first-order valence-electron chi connectivity index (χ1n) is 9.21. The third kappa shape index (κ3) is 3.10. The third-order valence-electron chi connectivity index (χ3n) is 5.71. The number of nitrogens with zero attached hydrogens (tertiary/aromatic N) is 1. The molecule has 142 valence electrons. The third-order valence-corrected chi connectivity index (χ3v) is 6.90. The Labute approximate surface area is 162 Å². The van der Waals surface area contributed by atoms with Gasteiger partial charge in [0.05, 0.1) is 16.1 Å². The van der Waals surface area contributed by atoms with Gasteiger partial charge in [0, 0.05) is 10.9 Å². The summed E-state index contributed by atoms with van der Waals surface area (Å²) >= 11 is 1.63. The van der Waals surface area contributed by atoms with Crippen molar-refractivity contribution in [3.05, 3.63) is 55.9 Å². The number of anilines is 1. The monoisotopic (exact) mass is 385 g/mol. The highest BCUT2D eigenvalue weighted by molar-refractivity contribution is 7.16. The van der Waals surface area contributed by atoms with E-state index in [1.807, 2.05) is 0 Å². The van der Waals surface area contributed by atoms with E-state index in [4.69, 9.17) is 0 Å². The summed E-state index contributed by atoms with van der Waals surface area (Å²) in [5, 5.41) is 18.4. The quantitative estimate of drug-likeness (QED) is 0.582. The van der Waals surface area contributed by atoms with Crippen LogP contribution in [0.1, 0.15) is 59.7 Å². The first-order chi connectivity index (χ1) is 12.8. The summed E-state index contributed by atoms with van der Waals surface area (Å²) in [6, 6.07) is 6.53. The molecule has 27 heavy (non-hydrogen) atoms. The lowest BCUT2D eigenvalue weighted by Gasteiger charge is -2.34. The molecule has 0 radical (unpaired) electrons. The molecule has 6 nitrogen and oxygen atoms in total. The van der Waals surface area contributed by atoms with Crippen LogP contribution in [0.2, 0.25) is 0 Å². The molecule has 0 saturated heterocycles. The molecular formula is C20H23N3O3S. The van der Waals surface area contributed by atoms with Crippen LogP contribution in [0.25, 0.3) is 0 Å². The molecule has 2 aromatic rings. The molecule has 1 aliphatic heterocycles. The molecule has 2 aliphatic rings.